The minimum absolute atomic E-state index is 0.0278. The summed E-state index contributed by atoms with van der Waals surface area (Å²) in [4.78, 5) is 11.4. The quantitative estimate of drug-likeness (QED) is 0.567. The summed E-state index contributed by atoms with van der Waals surface area (Å²) in [5.74, 6) is 1.53. The Morgan fingerprint density at radius 2 is 1.64 bits per heavy atom. The van der Waals surface area contributed by atoms with Crippen LogP contribution < -0.4 is 0 Å². The van der Waals surface area contributed by atoms with Crippen molar-refractivity contribution in [3.05, 3.63) is 0 Å². The van der Waals surface area contributed by atoms with Gasteiger partial charge in [0.25, 0.3) is 0 Å². The molecule has 2 unspecified atom stereocenters. The fourth-order valence-electron chi connectivity index (χ4n) is 2.28. The maximum atomic E-state index is 11.4. The van der Waals surface area contributed by atoms with Crippen molar-refractivity contribution in [1.82, 2.24) is 0 Å². The molecule has 1 nitrogen and oxygen atoms in total. The predicted octanol–water partition coefficient (Wildman–Crippen LogP) is 2.65. The highest BCUT2D eigenvalue weighted by molar-refractivity contribution is 5.82. The molecule has 1 heteroatoms. The molecule has 1 aliphatic rings. The van der Waals surface area contributed by atoms with E-state index in [2.05, 4.69) is 20.8 Å². The Morgan fingerprint density at radius 3 is 1.82 bits per heavy atom. The summed E-state index contributed by atoms with van der Waals surface area (Å²) < 4.78 is 0. The average molecular weight is 154 g/mol. The SMILES string of the molecule is CC(=O)C1(C)C(C)CCC1C. The fraction of sp³-hybridized carbons (Fsp3) is 0.900. The van der Waals surface area contributed by atoms with Gasteiger partial charge in [0.05, 0.1) is 0 Å². The largest absolute Gasteiger partial charge is 0.299 e. The van der Waals surface area contributed by atoms with Gasteiger partial charge in [0.2, 0.25) is 0 Å². The molecule has 0 aromatic rings. The summed E-state index contributed by atoms with van der Waals surface area (Å²) in [6.07, 6.45) is 2.44. The zero-order valence-corrected chi connectivity index (χ0v) is 7.98. The van der Waals surface area contributed by atoms with Crippen LogP contribution in [0.4, 0.5) is 0 Å². The Bertz CT molecular complexity index is 162. The molecule has 0 aromatic heterocycles. The fourth-order valence-corrected chi connectivity index (χ4v) is 2.28. The monoisotopic (exact) mass is 154 g/mol. The maximum Gasteiger partial charge on any atom is 0.136 e. The first-order chi connectivity index (χ1) is 4.99. The van der Waals surface area contributed by atoms with E-state index in [1.807, 2.05) is 0 Å². The molecule has 1 saturated carbocycles. The standard InChI is InChI=1S/C10H18O/c1-7-5-6-8(2)10(7,4)9(3)11/h7-8H,5-6H2,1-4H3. The highest BCUT2D eigenvalue weighted by atomic mass is 16.1. The second-order valence-electron chi connectivity index (χ2n) is 4.22. The summed E-state index contributed by atoms with van der Waals surface area (Å²) in [6.45, 7) is 8.26. The second kappa shape index (κ2) is 2.62. The molecule has 0 radical (unpaired) electrons. The molecule has 64 valence electrons. The lowest BCUT2D eigenvalue weighted by Gasteiger charge is -2.30. The number of ketones is 1. The third-order valence-corrected chi connectivity index (χ3v) is 3.84. The molecule has 0 amide bonds. The van der Waals surface area contributed by atoms with Crippen molar-refractivity contribution in [3.63, 3.8) is 0 Å². The van der Waals surface area contributed by atoms with Crippen LogP contribution in [-0.4, -0.2) is 5.78 Å². The molecule has 0 spiro atoms. The Balaban J connectivity index is 2.88. The van der Waals surface area contributed by atoms with Gasteiger partial charge in [-0.15, -0.1) is 0 Å². The van der Waals surface area contributed by atoms with Gasteiger partial charge in [-0.1, -0.05) is 20.8 Å². The van der Waals surface area contributed by atoms with Gasteiger partial charge < -0.3 is 0 Å². The summed E-state index contributed by atoms with van der Waals surface area (Å²) >= 11 is 0. The molecule has 1 fully saturated rings. The van der Waals surface area contributed by atoms with E-state index in [4.69, 9.17) is 0 Å². The lowest BCUT2D eigenvalue weighted by atomic mass is 9.72. The molecule has 0 aliphatic heterocycles. The average Bonchev–Trinajstić information content (AvgIpc) is 2.18. The lowest BCUT2D eigenvalue weighted by Crippen LogP contribution is -2.33. The minimum atomic E-state index is -0.0278. The third kappa shape index (κ3) is 1.11. The normalized spacial score (nSPS) is 44.4. The van der Waals surface area contributed by atoms with E-state index in [1.54, 1.807) is 6.92 Å². The molecule has 2 atom stereocenters. The van der Waals surface area contributed by atoms with Crippen molar-refractivity contribution in [1.29, 1.82) is 0 Å². The zero-order valence-electron chi connectivity index (χ0n) is 7.98. The topological polar surface area (TPSA) is 17.1 Å². The Hall–Kier alpha value is -0.330. The van der Waals surface area contributed by atoms with Crippen molar-refractivity contribution in [2.24, 2.45) is 17.3 Å². The van der Waals surface area contributed by atoms with Gasteiger partial charge in [-0.3, -0.25) is 4.79 Å². The van der Waals surface area contributed by atoms with Crippen molar-refractivity contribution < 1.29 is 4.79 Å². The smallest absolute Gasteiger partial charge is 0.136 e. The molecule has 0 N–H and O–H groups in total. The van der Waals surface area contributed by atoms with Gasteiger partial charge >= 0.3 is 0 Å². The van der Waals surface area contributed by atoms with Gasteiger partial charge in [0.1, 0.15) is 5.78 Å². The van der Waals surface area contributed by atoms with E-state index in [-0.39, 0.29) is 5.41 Å². The number of rotatable bonds is 1. The summed E-state index contributed by atoms with van der Waals surface area (Å²) in [6, 6.07) is 0. The van der Waals surface area contributed by atoms with E-state index >= 15 is 0 Å². The van der Waals surface area contributed by atoms with Gasteiger partial charge in [-0.05, 0) is 31.6 Å². The van der Waals surface area contributed by atoms with Crippen molar-refractivity contribution in [3.8, 4) is 0 Å². The predicted molar refractivity (Wildman–Crippen MR) is 46.4 cm³/mol. The van der Waals surface area contributed by atoms with E-state index in [9.17, 15) is 4.79 Å². The molecule has 0 saturated heterocycles. The summed E-state index contributed by atoms with van der Waals surface area (Å²) in [5.41, 5.74) is -0.0278. The van der Waals surface area contributed by atoms with Crippen LogP contribution in [0.3, 0.4) is 0 Å². The van der Waals surface area contributed by atoms with Crippen molar-refractivity contribution in [2.75, 3.05) is 0 Å². The van der Waals surface area contributed by atoms with Crippen LogP contribution in [0, 0.1) is 17.3 Å². The van der Waals surface area contributed by atoms with Gasteiger partial charge in [0, 0.05) is 5.41 Å². The van der Waals surface area contributed by atoms with Crippen LogP contribution in [0.15, 0.2) is 0 Å². The van der Waals surface area contributed by atoms with E-state index in [0.29, 0.717) is 17.6 Å². The Kier molecular flexibility index (Phi) is 2.08. The Labute approximate surface area is 69.2 Å². The molecular formula is C10H18O. The molecule has 0 aromatic carbocycles. The summed E-state index contributed by atoms with van der Waals surface area (Å²) in [7, 11) is 0. The Morgan fingerprint density at radius 1 is 1.27 bits per heavy atom. The molecule has 0 heterocycles. The van der Waals surface area contributed by atoms with Crippen molar-refractivity contribution >= 4 is 5.78 Å². The van der Waals surface area contributed by atoms with Gasteiger partial charge in [-0.2, -0.15) is 0 Å². The first-order valence-corrected chi connectivity index (χ1v) is 4.50. The first-order valence-electron chi connectivity index (χ1n) is 4.50. The molecule has 0 bridgehead atoms. The van der Waals surface area contributed by atoms with Crippen LogP contribution in [0.5, 0.6) is 0 Å². The summed E-state index contributed by atoms with van der Waals surface area (Å²) in [5, 5.41) is 0. The maximum absolute atomic E-state index is 11.4. The van der Waals surface area contributed by atoms with Crippen LogP contribution in [0.25, 0.3) is 0 Å². The van der Waals surface area contributed by atoms with Crippen LogP contribution in [-0.2, 0) is 4.79 Å². The van der Waals surface area contributed by atoms with Gasteiger partial charge in [-0.25, -0.2) is 0 Å². The minimum Gasteiger partial charge on any atom is -0.299 e. The highest BCUT2D eigenvalue weighted by Gasteiger charge is 2.45. The first kappa shape index (κ1) is 8.76. The number of carbonyl (C=O) groups is 1. The second-order valence-corrected chi connectivity index (χ2v) is 4.22. The zero-order chi connectivity index (χ0) is 8.65. The molecule has 11 heavy (non-hydrogen) atoms. The molecule has 1 rings (SSSR count). The van der Waals surface area contributed by atoms with Crippen LogP contribution >= 0.6 is 0 Å². The molecular weight excluding hydrogens is 136 g/mol. The van der Waals surface area contributed by atoms with E-state index in [1.165, 1.54) is 12.8 Å². The van der Waals surface area contributed by atoms with E-state index in [0.717, 1.165) is 0 Å². The number of hydrogen-bond acceptors (Lipinski definition) is 1. The van der Waals surface area contributed by atoms with Crippen LogP contribution in [0.1, 0.15) is 40.5 Å². The number of hydrogen-bond donors (Lipinski definition) is 0. The highest BCUT2D eigenvalue weighted by Crippen LogP contribution is 2.47. The number of carbonyl (C=O) groups excluding carboxylic acids is 1. The van der Waals surface area contributed by atoms with Gasteiger partial charge in [0.15, 0.2) is 0 Å². The third-order valence-electron chi connectivity index (χ3n) is 3.84. The van der Waals surface area contributed by atoms with Crippen molar-refractivity contribution in [2.45, 2.75) is 40.5 Å². The lowest BCUT2D eigenvalue weighted by molar-refractivity contribution is -0.129. The van der Waals surface area contributed by atoms with Crippen LogP contribution in [0.2, 0.25) is 0 Å². The van der Waals surface area contributed by atoms with E-state index < -0.39 is 0 Å². The number of Topliss-reactive ketones (excluding diaryl/α,β-unsaturated/α-hetero) is 1. The molecule has 1 aliphatic carbocycles.